The zero-order valence-corrected chi connectivity index (χ0v) is 35.4. The topological polar surface area (TPSA) is 150 Å². The summed E-state index contributed by atoms with van der Waals surface area (Å²) < 4.78 is 13.7. The third kappa shape index (κ3) is 6.71. The van der Waals surface area contributed by atoms with Crippen LogP contribution < -0.4 is 20.3 Å². The van der Waals surface area contributed by atoms with Crippen LogP contribution in [0, 0.1) is 5.92 Å². The summed E-state index contributed by atoms with van der Waals surface area (Å²) >= 11 is 1.27. The number of urea groups is 1. The van der Waals surface area contributed by atoms with Crippen molar-refractivity contribution < 1.29 is 33.8 Å². The Morgan fingerprint density at radius 3 is 2.17 bits per heavy atom. The van der Waals surface area contributed by atoms with Crippen LogP contribution >= 0.6 is 11.3 Å². The number of nitrogens with zero attached hydrogens (tertiary/aromatic N) is 3. The lowest BCUT2D eigenvalue weighted by molar-refractivity contribution is -0.177. The number of hydrogen-bond donors (Lipinski definition) is 3. The van der Waals surface area contributed by atoms with E-state index in [1.54, 1.807) is 36.4 Å². The maximum Gasteiger partial charge on any atom is 0.329 e. The molecule has 13 heteroatoms. The maximum atomic E-state index is 16.4. The van der Waals surface area contributed by atoms with E-state index in [1.165, 1.54) is 11.3 Å². The minimum absolute atomic E-state index is 0.0745. The molecular weight excluding hydrogens is 827 g/mol. The fourth-order valence-corrected chi connectivity index (χ4v) is 10.9. The number of carbonyl (C=O) groups excluding carboxylic acids is 4. The normalized spacial score (nSPS) is 23.0. The number of morpholine rings is 1. The summed E-state index contributed by atoms with van der Waals surface area (Å²) in [4.78, 5) is 70.2. The van der Waals surface area contributed by atoms with Crippen molar-refractivity contribution in [1.82, 2.24) is 15.2 Å². The van der Waals surface area contributed by atoms with E-state index in [4.69, 9.17) is 14.5 Å². The van der Waals surface area contributed by atoms with Gasteiger partial charge in [0.05, 0.1) is 46.6 Å². The summed E-state index contributed by atoms with van der Waals surface area (Å²) in [5.41, 5.74) is 2.10. The van der Waals surface area contributed by atoms with Crippen LogP contribution in [0.1, 0.15) is 59.0 Å². The van der Waals surface area contributed by atoms with Gasteiger partial charge in [-0.2, -0.15) is 0 Å². The molecule has 0 radical (unpaired) electrons. The van der Waals surface area contributed by atoms with Crippen molar-refractivity contribution >= 4 is 56.2 Å². The first kappa shape index (κ1) is 40.9. The Labute approximate surface area is 373 Å². The van der Waals surface area contributed by atoms with E-state index in [0.29, 0.717) is 28.0 Å². The van der Waals surface area contributed by atoms with Crippen molar-refractivity contribution in [1.29, 1.82) is 0 Å². The van der Waals surface area contributed by atoms with Gasteiger partial charge in [0.15, 0.2) is 5.13 Å². The number of carbonyl (C=O) groups is 4. The molecule has 1 spiro atoms. The molecule has 7 aromatic rings. The second-order valence-corrected chi connectivity index (χ2v) is 17.1. The smallest absolute Gasteiger partial charge is 0.329 e. The molecule has 2 saturated heterocycles. The number of para-hydroxylation sites is 3. The lowest BCUT2D eigenvalue weighted by Crippen LogP contribution is -2.55. The van der Waals surface area contributed by atoms with Crippen LogP contribution in [0.4, 0.5) is 15.6 Å². The molecule has 6 aromatic carbocycles. The first-order valence-corrected chi connectivity index (χ1v) is 22.0. The van der Waals surface area contributed by atoms with Crippen molar-refractivity contribution in [2.75, 3.05) is 23.4 Å². The van der Waals surface area contributed by atoms with Gasteiger partial charge >= 0.3 is 12.0 Å². The molecule has 0 unspecified atom stereocenters. The monoisotopic (exact) mass is 869 g/mol. The summed E-state index contributed by atoms with van der Waals surface area (Å²) in [6.07, 6.45) is -0.902. The van der Waals surface area contributed by atoms with Crippen LogP contribution in [0.2, 0.25) is 0 Å². The molecule has 3 aliphatic heterocycles. The van der Waals surface area contributed by atoms with Gasteiger partial charge in [-0.1, -0.05) is 151 Å². The second kappa shape index (κ2) is 16.8. The number of hydrogen-bond acceptors (Lipinski definition) is 10. The summed E-state index contributed by atoms with van der Waals surface area (Å²) in [6.45, 7) is 1.46. The predicted octanol–water partition coefficient (Wildman–Crippen LogP) is 8.44. The van der Waals surface area contributed by atoms with Crippen molar-refractivity contribution in [2.45, 2.75) is 42.6 Å². The zero-order chi connectivity index (χ0) is 44.0. The highest BCUT2D eigenvalue weighted by Gasteiger charge is 2.76. The van der Waals surface area contributed by atoms with Crippen molar-refractivity contribution in [3.05, 3.63) is 192 Å². The minimum atomic E-state index is -1.98. The van der Waals surface area contributed by atoms with E-state index in [0.717, 1.165) is 20.7 Å². The number of amides is 4. The number of aromatic nitrogens is 1. The Morgan fingerprint density at radius 1 is 0.797 bits per heavy atom. The van der Waals surface area contributed by atoms with Crippen molar-refractivity contribution in [3.63, 3.8) is 0 Å². The molecule has 0 saturated carbocycles. The number of thiazole rings is 1. The summed E-state index contributed by atoms with van der Waals surface area (Å²) in [5, 5.41) is 16.4. The Balaban J connectivity index is 1.24. The van der Waals surface area contributed by atoms with E-state index >= 15 is 14.4 Å². The first-order chi connectivity index (χ1) is 31.3. The molecule has 0 aliphatic carbocycles. The molecule has 7 atom stereocenters. The average molecular weight is 870 g/mol. The number of anilines is 2. The molecule has 3 N–H and O–H groups in total. The molecule has 320 valence electrons. The fraction of sp³-hybridized carbons (Fsp3) is 0.196. The largest absolute Gasteiger partial charge is 0.491 e. The van der Waals surface area contributed by atoms with E-state index in [9.17, 15) is 9.90 Å². The molecule has 0 bridgehead atoms. The van der Waals surface area contributed by atoms with Crippen molar-refractivity contribution in [3.8, 4) is 5.75 Å². The SMILES string of the molecule is C[C@@H](NC(=O)N1C(=O)[C@@]2(c3ccccc31)[C@H](c1ccccc1OCCO)N1[C@H](c3ccccc3)[C@H](c3ccccc3)OC(=O)[C@H]1[C@@H]2C(=O)Nc1nc2ccccc2s1)c1ccccc1. The first-order valence-electron chi connectivity index (χ1n) is 21.2. The predicted molar refractivity (Wildman–Crippen MR) is 243 cm³/mol. The van der Waals surface area contributed by atoms with Gasteiger partial charge < -0.3 is 25.2 Å². The molecule has 2 fully saturated rings. The van der Waals surface area contributed by atoms with Gasteiger partial charge in [-0.25, -0.2) is 14.7 Å². The maximum absolute atomic E-state index is 16.4. The van der Waals surface area contributed by atoms with Crippen LogP contribution in [0.15, 0.2) is 164 Å². The van der Waals surface area contributed by atoms with Crippen LogP contribution in [0.25, 0.3) is 10.2 Å². The van der Waals surface area contributed by atoms with Crippen LogP contribution in [-0.4, -0.2) is 58.1 Å². The van der Waals surface area contributed by atoms with Gasteiger partial charge in [0.1, 0.15) is 29.9 Å². The summed E-state index contributed by atoms with van der Waals surface area (Å²) in [7, 11) is 0. The summed E-state index contributed by atoms with van der Waals surface area (Å²) in [6, 6.07) is 45.5. The number of imide groups is 1. The van der Waals surface area contributed by atoms with Gasteiger partial charge in [-0.3, -0.25) is 19.3 Å². The Hall–Kier alpha value is -7.19. The van der Waals surface area contributed by atoms with Gasteiger partial charge in [0.25, 0.3) is 0 Å². The zero-order valence-electron chi connectivity index (χ0n) is 34.6. The van der Waals surface area contributed by atoms with Gasteiger partial charge in [-0.05, 0) is 53.4 Å². The number of rotatable bonds is 10. The molecule has 3 aliphatic rings. The molecule has 12 nitrogen and oxygen atoms in total. The average Bonchev–Trinajstić information content (AvgIpc) is 3.97. The van der Waals surface area contributed by atoms with Crippen molar-refractivity contribution in [2.24, 2.45) is 5.92 Å². The number of aliphatic hydroxyl groups excluding tert-OH is 1. The summed E-state index contributed by atoms with van der Waals surface area (Å²) in [5.74, 6) is -3.26. The lowest BCUT2D eigenvalue weighted by atomic mass is 9.65. The molecular formula is C51H43N5O7S. The minimum Gasteiger partial charge on any atom is -0.491 e. The Kier molecular flexibility index (Phi) is 10.7. The highest BCUT2D eigenvalue weighted by molar-refractivity contribution is 7.22. The Bertz CT molecular complexity index is 2850. The van der Waals surface area contributed by atoms with Crippen LogP contribution in [-0.2, 0) is 24.5 Å². The van der Waals surface area contributed by atoms with Gasteiger partial charge in [-0.15, -0.1) is 0 Å². The number of aliphatic hydroxyl groups is 1. The van der Waals surface area contributed by atoms with E-state index in [-0.39, 0.29) is 24.0 Å². The molecule has 4 heterocycles. The fourth-order valence-electron chi connectivity index (χ4n) is 10.0. The third-order valence-corrected chi connectivity index (χ3v) is 13.5. The number of benzene rings is 6. The molecule has 64 heavy (non-hydrogen) atoms. The van der Waals surface area contributed by atoms with E-state index < -0.39 is 65.4 Å². The highest BCUT2D eigenvalue weighted by Crippen LogP contribution is 2.66. The van der Waals surface area contributed by atoms with Gasteiger partial charge in [0, 0.05) is 5.56 Å². The Morgan fingerprint density at radius 2 is 1.44 bits per heavy atom. The van der Waals surface area contributed by atoms with E-state index in [2.05, 4.69) is 10.6 Å². The third-order valence-electron chi connectivity index (χ3n) is 12.6. The number of nitrogens with one attached hydrogen (secondary N) is 2. The molecule has 4 amide bonds. The standard InChI is InChI=1S/C51H43N5O7S/c1-31(32-17-5-2-6-18-32)52-50(61)55-38-26-14-12-24-36(38)51(48(55)60)41(46(58)54-49-53-37-25-13-16-28-40(37)64-49)43-47(59)63-44(34-21-9-4-10-22-34)42(33-19-7-3-8-20-33)56(43)45(51)35-23-11-15-27-39(35)62-30-29-57/h2-28,31,41-45,57H,29-30H2,1H3,(H,52,61)(H,53,54,58)/t31-,41-,42-,43-,44+,45+,51-/m1/s1. The molecule has 1 aromatic heterocycles. The van der Waals surface area contributed by atoms with E-state index in [1.807, 2.05) is 139 Å². The highest BCUT2D eigenvalue weighted by atomic mass is 32.1. The quantitative estimate of drug-likeness (QED) is 0.115. The second-order valence-electron chi connectivity index (χ2n) is 16.1. The van der Waals surface area contributed by atoms with Gasteiger partial charge in [0.2, 0.25) is 11.8 Å². The molecule has 10 rings (SSSR count). The number of ether oxygens (including phenoxy) is 2. The van der Waals surface area contributed by atoms with Crippen LogP contribution in [0.3, 0.4) is 0 Å². The number of fused-ring (bicyclic) bond motifs is 4. The number of esters is 1. The van der Waals surface area contributed by atoms with Crippen LogP contribution in [0.5, 0.6) is 5.75 Å². The lowest BCUT2D eigenvalue weighted by Gasteiger charge is -2.46. The number of cyclic esters (lactones) is 1.